The highest BCUT2D eigenvalue weighted by molar-refractivity contribution is 7.11. The molecule has 6 heteroatoms. The van der Waals surface area contributed by atoms with E-state index in [4.69, 9.17) is 10.5 Å². The third-order valence-electron chi connectivity index (χ3n) is 3.66. The van der Waals surface area contributed by atoms with Crippen molar-refractivity contribution in [2.45, 2.75) is 58.3 Å². The van der Waals surface area contributed by atoms with E-state index in [1.54, 1.807) is 11.3 Å². The minimum Gasteiger partial charge on any atom is -0.364 e. The molecule has 1 aliphatic heterocycles. The summed E-state index contributed by atoms with van der Waals surface area (Å²) in [6, 6.07) is 0. The van der Waals surface area contributed by atoms with Crippen LogP contribution in [0.3, 0.4) is 0 Å². The molecule has 1 saturated heterocycles. The van der Waals surface area contributed by atoms with Gasteiger partial charge in [0, 0.05) is 11.4 Å². The molecule has 0 saturated carbocycles. The van der Waals surface area contributed by atoms with Gasteiger partial charge in [0.05, 0.1) is 17.3 Å². The van der Waals surface area contributed by atoms with Gasteiger partial charge in [0.25, 0.3) is 0 Å². The highest BCUT2D eigenvalue weighted by Crippen LogP contribution is 2.28. The number of ether oxygens (including phenoxy) is 1. The molecular formula is C14H23N3O2S. The number of carbonyl (C=O) groups excluding carboxylic acids is 1. The lowest BCUT2D eigenvalue weighted by molar-refractivity contribution is -0.133. The molecule has 112 valence electrons. The zero-order valence-corrected chi connectivity index (χ0v) is 13.3. The number of nitrogens with one attached hydrogen (secondary N) is 1. The Kier molecular flexibility index (Phi) is 4.46. The number of aryl methyl sites for hydroxylation is 2. The average Bonchev–Trinajstić information content (AvgIpc) is 2.97. The molecule has 0 unspecified atom stereocenters. The van der Waals surface area contributed by atoms with Gasteiger partial charge in [-0.15, -0.1) is 11.3 Å². The molecule has 1 aromatic heterocycles. The molecule has 2 rings (SSSR count). The molecule has 2 atom stereocenters. The van der Waals surface area contributed by atoms with E-state index in [0.717, 1.165) is 23.5 Å². The fourth-order valence-electron chi connectivity index (χ4n) is 2.25. The maximum atomic E-state index is 12.3. The Morgan fingerprint density at radius 1 is 1.50 bits per heavy atom. The second-order valence-corrected chi connectivity index (χ2v) is 7.04. The largest absolute Gasteiger partial charge is 0.364 e. The van der Waals surface area contributed by atoms with Gasteiger partial charge in [0.15, 0.2) is 0 Å². The molecule has 1 aromatic rings. The second-order valence-electron chi connectivity index (χ2n) is 5.83. The molecule has 0 radical (unpaired) electrons. The average molecular weight is 297 g/mol. The number of hydrogen-bond acceptors (Lipinski definition) is 5. The Labute approximate surface area is 123 Å². The summed E-state index contributed by atoms with van der Waals surface area (Å²) in [5.41, 5.74) is 6.11. The Hall–Kier alpha value is -0.980. The minimum atomic E-state index is -0.481. The lowest BCUT2D eigenvalue weighted by atomic mass is 10.1. The zero-order valence-electron chi connectivity index (χ0n) is 12.5. The number of amides is 1. The molecule has 0 aromatic carbocycles. The predicted octanol–water partition coefficient (Wildman–Crippen LogP) is 1.62. The summed E-state index contributed by atoms with van der Waals surface area (Å²) in [4.78, 5) is 18.0. The number of thiazole rings is 1. The lowest BCUT2D eigenvalue weighted by Crippen LogP contribution is -2.46. The maximum Gasteiger partial charge on any atom is 0.249 e. The normalized spacial score (nSPS) is 23.1. The topological polar surface area (TPSA) is 77.2 Å². The molecular weight excluding hydrogens is 274 g/mol. The molecule has 1 fully saturated rings. The standard InChI is InChI=1S/C14H23N3O2S/c1-8-9(2)20-13(16-8)14(3,4)17-12(18)11-6-5-10(7-15)19-11/h10-11H,5-7,15H2,1-4H3,(H,17,18)/t10-,11+/m1/s1. The van der Waals surface area contributed by atoms with Crippen molar-refractivity contribution in [3.05, 3.63) is 15.6 Å². The van der Waals surface area contributed by atoms with E-state index in [0.29, 0.717) is 6.54 Å². The number of nitrogens with zero attached hydrogens (tertiary/aromatic N) is 1. The zero-order chi connectivity index (χ0) is 14.9. The molecule has 20 heavy (non-hydrogen) atoms. The molecule has 5 nitrogen and oxygen atoms in total. The Morgan fingerprint density at radius 2 is 2.20 bits per heavy atom. The van der Waals surface area contributed by atoms with Gasteiger partial charge < -0.3 is 15.8 Å². The van der Waals surface area contributed by atoms with Gasteiger partial charge in [-0.05, 0) is 40.5 Å². The second kappa shape index (κ2) is 5.79. The van der Waals surface area contributed by atoms with Crippen molar-refractivity contribution in [2.24, 2.45) is 5.73 Å². The van der Waals surface area contributed by atoms with Crippen LogP contribution in [0.5, 0.6) is 0 Å². The van der Waals surface area contributed by atoms with Crippen LogP contribution in [-0.2, 0) is 15.1 Å². The van der Waals surface area contributed by atoms with Gasteiger partial charge in [-0.3, -0.25) is 4.79 Å². The summed E-state index contributed by atoms with van der Waals surface area (Å²) in [7, 11) is 0. The van der Waals surface area contributed by atoms with Crippen LogP contribution in [0.25, 0.3) is 0 Å². The van der Waals surface area contributed by atoms with Crippen LogP contribution < -0.4 is 11.1 Å². The van der Waals surface area contributed by atoms with Crippen molar-refractivity contribution in [3.63, 3.8) is 0 Å². The first-order valence-electron chi connectivity index (χ1n) is 6.95. The van der Waals surface area contributed by atoms with Crippen LogP contribution in [0.1, 0.15) is 42.3 Å². The third-order valence-corrected chi connectivity index (χ3v) is 5.06. The number of rotatable bonds is 4. The van der Waals surface area contributed by atoms with Crippen molar-refractivity contribution in [1.82, 2.24) is 10.3 Å². The molecule has 0 spiro atoms. The van der Waals surface area contributed by atoms with E-state index in [1.807, 2.05) is 27.7 Å². The summed E-state index contributed by atoms with van der Waals surface area (Å²) < 4.78 is 5.63. The first-order valence-corrected chi connectivity index (χ1v) is 7.77. The van der Waals surface area contributed by atoms with Crippen LogP contribution in [0.2, 0.25) is 0 Å². The summed E-state index contributed by atoms with van der Waals surface area (Å²) in [5.74, 6) is -0.0727. The van der Waals surface area contributed by atoms with Crippen LogP contribution >= 0.6 is 11.3 Å². The number of nitrogens with two attached hydrogens (primary N) is 1. The van der Waals surface area contributed by atoms with Crippen LogP contribution in [-0.4, -0.2) is 29.6 Å². The van der Waals surface area contributed by atoms with Crippen molar-refractivity contribution >= 4 is 17.2 Å². The van der Waals surface area contributed by atoms with E-state index in [2.05, 4.69) is 10.3 Å². The quantitative estimate of drug-likeness (QED) is 0.885. The third kappa shape index (κ3) is 3.19. The van der Waals surface area contributed by atoms with Crippen molar-refractivity contribution < 1.29 is 9.53 Å². The summed E-state index contributed by atoms with van der Waals surface area (Å²) in [5, 5.41) is 3.97. The van der Waals surface area contributed by atoms with Crippen LogP contribution in [0.15, 0.2) is 0 Å². The fraction of sp³-hybridized carbons (Fsp3) is 0.714. The molecule has 0 bridgehead atoms. The first-order chi connectivity index (χ1) is 9.33. The van der Waals surface area contributed by atoms with Gasteiger partial charge in [0.1, 0.15) is 11.1 Å². The van der Waals surface area contributed by atoms with Crippen LogP contribution in [0.4, 0.5) is 0 Å². The molecule has 0 aliphatic carbocycles. The molecule has 3 N–H and O–H groups in total. The maximum absolute atomic E-state index is 12.3. The van der Waals surface area contributed by atoms with Gasteiger partial charge in [0.2, 0.25) is 5.91 Å². The van der Waals surface area contributed by atoms with E-state index >= 15 is 0 Å². The molecule has 1 amide bonds. The van der Waals surface area contributed by atoms with Crippen molar-refractivity contribution in [1.29, 1.82) is 0 Å². The van der Waals surface area contributed by atoms with Crippen molar-refractivity contribution in [3.8, 4) is 0 Å². The minimum absolute atomic E-state index is 0.0122. The highest BCUT2D eigenvalue weighted by Gasteiger charge is 2.34. The predicted molar refractivity (Wildman–Crippen MR) is 79.7 cm³/mol. The van der Waals surface area contributed by atoms with E-state index in [9.17, 15) is 4.79 Å². The van der Waals surface area contributed by atoms with Gasteiger partial charge >= 0.3 is 0 Å². The van der Waals surface area contributed by atoms with E-state index in [-0.39, 0.29) is 18.1 Å². The van der Waals surface area contributed by atoms with Gasteiger partial charge in [-0.1, -0.05) is 0 Å². The monoisotopic (exact) mass is 297 g/mol. The Bertz CT molecular complexity index is 479. The number of carbonyl (C=O) groups is 1. The summed E-state index contributed by atoms with van der Waals surface area (Å²) >= 11 is 1.62. The number of aromatic nitrogens is 1. The van der Waals surface area contributed by atoms with Gasteiger partial charge in [-0.25, -0.2) is 4.98 Å². The van der Waals surface area contributed by atoms with E-state index in [1.165, 1.54) is 4.88 Å². The summed E-state index contributed by atoms with van der Waals surface area (Å²) in [6.07, 6.45) is 1.22. The molecule has 1 aliphatic rings. The first kappa shape index (κ1) is 15.4. The number of hydrogen-bond donors (Lipinski definition) is 2. The summed E-state index contributed by atoms with van der Waals surface area (Å²) in [6.45, 7) is 8.44. The smallest absolute Gasteiger partial charge is 0.249 e. The molecule has 2 heterocycles. The van der Waals surface area contributed by atoms with Crippen LogP contribution in [0, 0.1) is 13.8 Å². The SMILES string of the molecule is Cc1nc(C(C)(C)NC(=O)[C@@H]2CC[C@H](CN)O2)sc1C. The van der Waals surface area contributed by atoms with E-state index < -0.39 is 5.54 Å². The Balaban J connectivity index is 2.02. The highest BCUT2D eigenvalue weighted by atomic mass is 32.1. The van der Waals surface area contributed by atoms with Crippen molar-refractivity contribution in [2.75, 3.05) is 6.54 Å². The Morgan fingerprint density at radius 3 is 2.70 bits per heavy atom. The lowest BCUT2D eigenvalue weighted by Gasteiger charge is -2.25. The van der Waals surface area contributed by atoms with Gasteiger partial charge in [-0.2, -0.15) is 0 Å². The fourth-order valence-corrected chi connectivity index (χ4v) is 3.23.